The van der Waals surface area contributed by atoms with E-state index in [2.05, 4.69) is 19.2 Å². The summed E-state index contributed by atoms with van der Waals surface area (Å²) < 4.78 is 0. The summed E-state index contributed by atoms with van der Waals surface area (Å²) in [7, 11) is 0. The van der Waals surface area contributed by atoms with Gasteiger partial charge in [-0.25, -0.2) is 0 Å². The highest BCUT2D eigenvalue weighted by Gasteiger charge is 2.26. The molecule has 1 nitrogen and oxygen atoms in total. The molecule has 0 radical (unpaired) electrons. The summed E-state index contributed by atoms with van der Waals surface area (Å²) in [4.78, 5) is 0. The summed E-state index contributed by atoms with van der Waals surface area (Å²) in [5, 5.41) is 3.46. The molecule has 0 bridgehead atoms. The highest BCUT2D eigenvalue weighted by molar-refractivity contribution is 4.79. The van der Waals surface area contributed by atoms with Gasteiger partial charge in [-0.1, -0.05) is 13.8 Å². The largest absolute Gasteiger partial charge is 0.316 e. The number of nitrogens with one attached hydrogen (secondary N) is 1. The van der Waals surface area contributed by atoms with Crippen LogP contribution in [0.3, 0.4) is 0 Å². The van der Waals surface area contributed by atoms with Crippen LogP contribution in [0.5, 0.6) is 0 Å². The summed E-state index contributed by atoms with van der Waals surface area (Å²) >= 11 is 0. The van der Waals surface area contributed by atoms with Crippen molar-refractivity contribution in [2.45, 2.75) is 33.1 Å². The minimum Gasteiger partial charge on any atom is -0.316 e. The van der Waals surface area contributed by atoms with Gasteiger partial charge in [-0.05, 0) is 44.2 Å². The predicted octanol–water partition coefficient (Wildman–Crippen LogP) is 2.03. The summed E-state index contributed by atoms with van der Waals surface area (Å²) in [5.41, 5.74) is 0. The molecular weight excluding hydrogens is 122 g/mol. The quantitative estimate of drug-likeness (QED) is 0.578. The summed E-state index contributed by atoms with van der Waals surface area (Å²) in [6.45, 7) is 7.00. The number of hydrogen-bond donors (Lipinski definition) is 1. The summed E-state index contributed by atoms with van der Waals surface area (Å²) in [6.07, 6.45) is 4.22. The van der Waals surface area contributed by atoms with Crippen molar-refractivity contribution in [1.29, 1.82) is 0 Å². The monoisotopic (exact) mass is 141 g/mol. The molecule has 0 amide bonds. The van der Waals surface area contributed by atoms with E-state index in [1.165, 1.54) is 32.4 Å². The van der Waals surface area contributed by atoms with E-state index in [-0.39, 0.29) is 0 Å². The van der Waals surface area contributed by atoms with Crippen molar-refractivity contribution in [1.82, 2.24) is 5.32 Å². The van der Waals surface area contributed by atoms with Gasteiger partial charge in [0.1, 0.15) is 0 Å². The van der Waals surface area contributed by atoms with Crippen LogP contribution in [0.15, 0.2) is 0 Å². The lowest BCUT2D eigenvalue weighted by atomic mass is 10.1. The van der Waals surface area contributed by atoms with E-state index in [1.807, 2.05) is 0 Å². The molecule has 1 rings (SSSR count). The average molecular weight is 141 g/mol. The lowest BCUT2D eigenvalue weighted by molar-refractivity contribution is 0.462. The van der Waals surface area contributed by atoms with Crippen LogP contribution < -0.4 is 5.32 Å². The van der Waals surface area contributed by atoms with Gasteiger partial charge in [-0.3, -0.25) is 0 Å². The van der Waals surface area contributed by atoms with Crippen LogP contribution in [0.2, 0.25) is 0 Å². The zero-order chi connectivity index (χ0) is 7.40. The first-order valence-electron chi connectivity index (χ1n) is 4.55. The lowest BCUT2D eigenvalue weighted by Gasteiger charge is -2.09. The maximum atomic E-state index is 3.46. The molecule has 60 valence electrons. The molecule has 1 saturated carbocycles. The fourth-order valence-corrected chi connectivity index (χ4v) is 1.34. The van der Waals surface area contributed by atoms with Gasteiger partial charge in [0.15, 0.2) is 0 Å². The molecule has 1 aliphatic carbocycles. The van der Waals surface area contributed by atoms with Crippen molar-refractivity contribution in [2.75, 3.05) is 13.1 Å². The summed E-state index contributed by atoms with van der Waals surface area (Å²) in [5.74, 6) is 1.98. The molecule has 0 aromatic rings. The molecule has 0 saturated heterocycles. The smallest absolute Gasteiger partial charge is 0.00205 e. The van der Waals surface area contributed by atoms with Crippen molar-refractivity contribution >= 4 is 0 Å². The van der Waals surface area contributed by atoms with Crippen molar-refractivity contribution in [3.05, 3.63) is 0 Å². The van der Waals surface area contributed by atoms with Gasteiger partial charge in [-0.2, -0.15) is 0 Å². The van der Waals surface area contributed by atoms with Gasteiger partial charge in [0, 0.05) is 0 Å². The van der Waals surface area contributed by atoms with Crippen molar-refractivity contribution < 1.29 is 0 Å². The van der Waals surface area contributed by atoms with E-state index in [0.717, 1.165) is 11.8 Å². The Morgan fingerprint density at radius 2 is 2.20 bits per heavy atom. The molecule has 0 spiro atoms. The third-order valence-electron chi connectivity index (χ3n) is 2.32. The molecule has 1 fully saturated rings. The minimum absolute atomic E-state index is 0.923. The standard InChI is InChI=1S/C9H19N/c1-3-6-10-7-8(2)9-4-5-9/h8-10H,3-7H2,1-2H3. The minimum atomic E-state index is 0.923. The van der Waals surface area contributed by atoms with Gasteiger partial charge in [0.25, 0.3) is 0 Å². The molecule has 1 aliphatic rings. The van der Waals surface area contributed by atoms with E-state index >= 15 is 0 Å². The van der Waals surface area contributed by atoms with Crippen LogP contribution in [0, 0.1) is 11.8 Å². The normalized spacial score (nSPS) is 21.0. The van der Waals surface area contributed by atoms with E-state index in [9.17, 15) is 0 Å². The third-order valence-corrected chi connectivity index (χ3v) is 2.32. The average Bonchev–Trinajstić information content (AvgIpc) is 2.69. The van der Waals surface area contributed by atoms with Crippen LogP contribution in [0.4, 0.5) is 0 Å². The first kappa shape index (κ1) is 8.06. The Hall–Kier alpha value is -0.0400. The highest BCUT2D eigenvalue weighted by atomic mass is 14.9. The first-order chi connectivity index (χ1) is 4.84. The van der Waals surface area contributed by atoms with Crippen LogP contribution in [-0.2, 0) is 0 Å². The molecule has 0 aliphatic heterocycles. The lowest BCUT2D eigenvalue weighted by Crippen LogP contribution is -2.22. The molecule has 0 aromatic carbocycles. The molecule has 1 heteroatoms. The zero-order valence-corrected chi connectivity index (χ0v) is 7.19. The Kier molecular flexibility index (Phi) is 3.20. The van der Waals surface area contributed by atoms with Crippen LogP contribution in [0.1, 0.15) is 33.1 Å². The molecule has 1 atom stereocenters. The van der Waals surface area contributed by atoms with Crippen LogP contribution in [0.25, 0.3) is 0 Å². The maximum Gasteiger partial charge on any atom is -0.00205 e. The maximum absolute atomic E-state index is 3.46. The second-order valence-electron chi connectivity index (χ2n) is 3.52. The fourth-order valence-electron chi connectivity index (χ4n) is 1.34. The highest BCUT2D eigenvalue weighted by Crippen LogP contribution is 2.35. The molecule has 0 aromatic heterocycles. The molecule has 0 heterocycles. The van der Waals surface area contributed by atoms with Crippen LogP contribution >= 0.6 is 0 Å². The van der Waals surface area contributed by atoms with E-state index in [0.29, 0.717) is 0 Å². The van der Waals surface area contributed by atoms with Gasteiger partial charge in [0.2, 0.25) is 0 Å². The Labute approximate surface area is 64.2 Å². The van der Waals surface area contributed by atoms with Gasteiger partial charge in [-0.15, -0.1) is 0 Å². The Morgan fingerprint density at radius 1 is 1.50 bits per heavy atom. The third kappa shape index (κ3) is 2.70. The topological polar surface area (TPSA) is 12.0 Å². The van der Waals surface area contributed by atoms with E-state index < -0.39 is 0 Å². The van der Waals surface area contributed by atoms with E-state index in [4.69, 9.17) is 0 Å². The fraction of sp³-hybridized carbons (Fsp3) is 1.00. The molecule has 1 N–H and O–H groups in total. The SMILES string of the molecule is CCCNCC(C)C1CC1. The van der Waals surface area contributed by atoms with Gasteiger partial charge in [0.05, 0.1) is 0 Å². The van der Waals surface area contributed by atoms with Crippen molar-refractivity contribution in [3.8, 4) is 0 Å². The van der Waals surface area contributed by atoms with Gasteiger partial charge < -0.3 is 5.32 Å². The first-order valence-corrected chi connectivity index (χ1v) is 4.55. The van der Waals surface area contributed by atoms with Gasteiger partial charge >= 0.3 is 0 Å². The summed E-state index contributed by atoms with van der Waals surface area (Å²) in [6, 6.07) is 0. The zero-order valence-electron chi connectivity index (χ0n) is 7.19. The molecule has 10 heavy (non-hydrogen) atoms. The number of hydrogen-bond acceptors (Lipinski definition) is 1. The Balaban J connectivity index is 1.90. The second-order valence-corrected chi connectivity index (χ2v) is 3.52. The second kappa shape index (κ2) is 3.97. The van der Waals surface area contributed by atoms with Crippen molar-refractivity contribution in [3.63, 3.8) is 0 Å². The Morgan fingerprint density at radius 3 is 2.70 bits per heavy atom. The van der Waals surface area contributed by atoms with E-state index in [1.54, 1.807) is 0 Å². The number of rotatable bonds is 5. The molecule has 1 unspecified atom stereocenters. The predicted molar refractivity (Wildman–Crippen MR) is 45.0 cm³/mol. The Bertz CT molecular complexity index is 86.7. The van der Waals surface area contributed by atoms with Crippen molar-refractivity contribution in [2.24, 2.45) is 11.8 Å². The van der Waals surface area contributed by atoms with Crippen LogP contribution in [-0.4, -0.2) is 13.1 Å². The molecular formula is C9H19N.